The molecule has 1 aromatic carbocycles. The molecule has 2 saturated heterocycles. The van der Waals surface area contributed by atoms with Crippen LogP contribution in [0.2, 0.25) is 0 Å². The lowest BCUT2D eigenvalue weighted by Gasteiger charge is -2.34. The highest BCUT2D eigenvalue weighted by Gasteiger charge is 2.29. The van der Waals surface area contributed by atoms with Gasteiger partial charge in [-0.25, -0.2) is 0 Å². The monoisotopic (exact) mass is 438 g/mol. The summed E-state index contributed by atoms with van der Waals surface area (Å²) in [6, 6.07) is 14.3. The quantitative estimate of drug-likeness (QED) is 0.397. The van der Waals surface area contributed by atoms with Crippen LogP contribution in [0.25, 0.3) is 0 Å². The van der Waals surface area contributed by atoms with Gasteiger partial charge < -0.3 is 10.5 Å². The third kappa shape index (κ3) is 6.57. The number of benzene rings is 1. The second kappa shape index (κ2) is 11.1. The molecule has 9 heteroatoms. The Balaban J connectivity index is 1.19. The summed E-state index contributed by atoms with van der Waals surface area (Å²) in [5.74, 6) is -0.761. The Morgan fingerprint density at radius 2 is 1.97 bits per heavy atom. The molecule has 2 atom stereocenters. The summed E-state index contributed by atoms with van der Waals surface area (Å²) in [5.41, 5.74) is 9.35. The topological polar surface area (TPSA) is 102 Å². The average molecular weight is 439 g/mol. The first-order valence-electron chi connectivity index (χ1n) is 11.0. The first-order valence-corrected chi connectivity index (χ1v) is 11.0. The molecule has 0 aliphatic carbocycles. The van der Waals surface area contributed by atoms with Gasteiger partial charge in [-0.05, 0) is 29.7 Å². The molecule has 2 aliphatic heterocycles. The maximum Gasteiger partial charge on any atom is 0.317 e. The number of carboxylic acid groups (broad SMARTS) is 1. The van der Waals surface area contributed by atoms with Gasteiger partial charge in [-0.15, -0.1) is 0 Å². The number of pyridine rings is 1. The van der Waals surface area contributed by atoms with Gasteiger partial charge in [0.15, 0.2) is 0 Å². The summed E-state index contributed by atoms with van der Waals surface area (Å²) < 4.78 is 0. The Kier molecular flexibility index (Phi) is 7.78. The molecule has 170 valence electrons. The van der Waals surface area contributed by atoms with Crippen LogP contribution in [0.1, 0.15) is 29.3 Å². The molecule has 32 heavy (non-hydrogen) atoms. The van der Waals surface area contributed by atoms with E-state index in [1.165, 1.54) is 5.56 Å². The van der Waals surface area contributed by atoms with Crippen molar-refractivity contribution in [1.82, 2.24) is 25.7 Å². The van der Waals surface area contributed by atoms with Gasteiger partial charge in [0.25, 0.3) is 0 Å². The number of hydrogen-bond acceptors (Lipinski definition) is 8. The van der Waals surface area contributed by atoms with Crippen LogP contribution in [-0.4, -0.2) is 77.4 Å². The normalized spacial score (nSPS) is 22.4. The number of hydroxylamine groups is 1. The third-order valence-electron chi connectivity index (χ3n) is 5.79. The predicted octanol–water partition coefficient (Wildman–Crippen LogP) is 1.24. The summed E-state index contributed by atoms with van der Waals surface area (Å²) in [6.45, 7) is 4.90. The zero-order chi connectivity index (χ0) is 22.2. The van der Waals surface area contributed by atoms with Crippen molar-refractivity contribution in [3.63, 3.8) is 0 Å². The van der Waals surface area contributed by atoms with E-state index >= 15 is 0 Å². The lowest BCUT2D eigenvalue weighted by atomic mass is 10.0. The summed E-state index contributed by atoms with van der Waals surface area (Å²) in [4.78, 5) is 25.3. The van der Waals surface area contributed by atoms with E-state index in [-0.39, 0.29) is 18.7 Å². The van der Waals surface area contributed by atoms with Crippen molar-refractivity contribution in [3.8, 4) is 0 Å². The Labute approximate surface area is 188 Å². The van der Waals surface area contributed by atoms with Crippen LogP contribution in [0.5, 0.6) is 0 Å². The smallest absolute Gasteiger partial charge is 0.317 e. The van der Waals surface area contributed by atoms with Crippen molar-refractivity contribution >= 4 is 12.2 Å². The summed E-state index contributed by atoms with van der Waals surface area (Å²) in [5, 5.41) is 13.2. The summed E-state index contributed by atoms with van der Waals surface area (Å²) in [6.07, 6.45) is 4.61. The molecule has 0 amide bonds. The fourth-order valence-corrected chi connectivity index (χ4v) is 4.03. The number of piperazine rings is 1. The van der Waals surface area contributed by atoms with Crippen LogP contribution in [0.3, 0.4) is 0 Å². The number of aromatic nitrogens is 1. The third-order valence-corrected chi connectivity index (χ3v) is 5.79. The molecule has 4 rings (SSSR count). The van der Waals surface area contributed by atoms with Crippen LogP contribution in [0.4, 0.5) is 0 Å². The minimum atomic E-state index is -0.761. The Bertz CT molecular complexity index is 884. The van der Waals surface area contributed by atoms with Crippen molar-refractivity contribution in [2.45, 2.75) is 25.1 Å². The first-order chi connectivity index (χ1) is 15.7. The van der Waals surface area contributed by atoms with Gasteiger partial charge in [-0.2, -0.15) is 10.6 Å². The second-order valence-corrected chi connectivity index (χ2v) is 8.20. The van der Waals surface area contributed by atoms with Crippen LogP contribution in [-0.2, 0) is 16.2 Å². The number of nitrogens with one attached hydrogen (secondary N) is 2. The molecule has 0 spiro atoms. The minimum absolute atomic E-state index is 0.123. The van der Waals surface area contributed by atoms with Gasteiger partial charge in [0.2, 0.25) is 0 Å². The van der Waals surface area contributed by atoms with Crippen molar-refractivity contribution < 1.29 is 14.7 Å². The summed E-state index contributed by atoms with van der Waals surface area (Å²) >= 11 is 0. The molecular formula is C23H30N6O3. The molecule has 0 saturated carbocycles. The molecule has 0 bridgehead atoms. The van der Waals surface area contributed by atoms with Crippen molar-refractivity contribution in [2.75, 3.05) is 39.3 Å². The predicted molar refractivity (Wildman–Crippen MR) is 121 cm³/mol. The van der Waals surface area contributed by atoms with Crippen LogP contribution < -0.4 is 10.9 Å². The van der Waals surface area contributed by atoms with E-state index in [1.807, 2.05) is 23.1 Å². The van der Waals surface area contributed by atoms with E-state index < -0.39 is 5.97 Å². The van der Waals surface area contributed by atoms with Crippen molar-refractivity contribution in [1.29, 1.82) is 0 Å². The largest absolute Gasteiger partial charge is 0.480 e. The maximum absolute atomic E-state index is 10.8. The van der Waals surface area contributed by atoms with E-state index in [2.05, 4.69) is 50.2 Å². The second-order valence-electron chi connectivity index (χ2n) is 8.20. The molecule has 1 aromatic heterocycles. The zero-order valence-electron chi connectivity index (χ0n) is 18.1. The molecular weight excluding hydrogens is 408 g/mol. The van der Waals surface area contributed by atoms with E-state index in [0.717, 1.165) is 50.4 Å². The lowest BCUT2D eigenvalue weighted by Crippen LogP contribution is -2.49. The van der Waals surface area contributed by atoms with Gasteiger partial charge >= 0.3 is 5.97 Å². The van der Waals surface area contributed by atoms with E-state index in [0.29, 0.717) is 6.54 Å². The minimum Gasteiger partial charge on any atom is -0.480 e. The molecule has 2 unspecified atom stereocenters. The van der Waals surface area contributed by atoms with Crippen molar-refractivity contribution in [2.24, 2.45) is 5.10 Å². The highest BCUT2D eigenvalue weighted by atomic mass is 16.7. The van der Waals surface area contributed by atoms with Gasteiger partial charge in [-0.1, -0.05) is 30.3 Å². The van der Waals surface area contributed by atoms with Gasteiger partial charge in [-0.3, -0.25) is 24.4 Å². The van der Waals surface area contributed by atoms with Crippen LogP contribution in [0.15, 0.2) is 53.8 Å². The van der Waals surface area contributed by atoms with Crippen molar-refractivity contribution in [3.05, 3.63) is 65.5 Å². The van der Waals surface area contributed by atoms with E-state index in [1.54, 1.807) is 12.4 Å². The first kappa shape index (κ1) is 22.3. The highest BCUT2D eigenvalue weighted by molar-refractivity contribution is 5.79. The Morgan fingerprint density at radius 1 is 1.19 bits per heavy atom. The van der Waals surface area contributed by atoms with E-state index in [9.17, 15) is 4.79 Å². The van der Waals surface area contributed by atoms with Gasteiger partial charge in [0.1, 0.15) is 0 Å². The molecule has 0 radical (unpaired) electrons. The van der Waals surface area contributed by atoms with Gasteiger partial charge in [0.05, 0.1) is 37.1 Å². The molecule has 2 aromatic rings. The number of aliphatic carboxylic acids is 1. The number of hydrogen-bond donors (Lipinski definition) is 3. The molecule has 3 N–H and O–H groups in total. The Hall–Kier alpha value is -2.85. The number of carbonyl (C=O) groups is 1. The number of carboxylic acids is 1. The number of hydrazone groups is 1. The molecule has 2 aliphatic rings. The molecule has 3 heterocycles. The molecule has 9 nitrogen and oxygen atoms in total. The Morgan fingerprint density at radius 3 is 2.69 bits per heavy atom. The average Bonchev–Trinajstić information content (AvgIpc) is 3.27. The summed E-state index contributed by atoms with van der Waals surface area (Å²) in [7, 11) is 0. The zero-order valence-corrected chi connectivity index (χ0v) is 18.1. The fraction of sp³-hybridized carbons (Fsp3) is 0.435. The fourth-order valence-electron chi connectivity index (χ4n) is 4.03. The maximum atomic E-state index is 10.8. The SMILES string of the molecule is O=C(O)CN1CCN(CC2CC(c3ccc(C=NNCc4ccccn4)cc3)NO2)CC1. The lowest BCUT2D eigenvalue weighted by molar-refractivity contribution is -0.138. The van der Waals surface area contributed by atoms with Crippen LogP contribution in [0, 0.1) is 0 Å². The van der Waals surface area contributed by atoms with E-state index in [4.69, 9.17) is 9.94 Å². The molecule has 2 fully saturated rings. The highest BCUT2D eigenvalue weighted by Crippen LogP contribution is 2.26. The van der Waals surface area contributed by atoms with Crippen LogP contribution >= 0.6 is 0 Å². The standard InChI is InChI=1S/C23H30N6O3/c30-23(31)17-29-11-9-28(10-12-29)16-21-13-22(27-32-21)19-6-4-18(5-7-19)14-25-26-15-20-3-1-2-8-24-20/h1-8,14,21-22,26-27H,9-13,15-17H2,(H,30,31). The number of rotatable bonds is 9. The van der Waals surface area contributed by atoms with Gasteiger partial charge in [0, 0.05) is 38.9 Å². The number of nitrogens with zero attached hydrogens (tertiary/aromatic N) is 4.